The van der Waals surface area contributed by atoms with Crippen molar-refractivity contribution in [2.24, 2.45) is 5.92 Å². The van der Waals surface area contributed by atoms with Crippen molar-refractivity contribution in [1.82, 2.24) is 4.90 Å². The molecule has 4 nitrogen and oxygen atoms in total. The van der Waals surface area contributed by atoms with Crippen LogP contribution in [0.2, 0.25) is 0 Å². The van der Waals surface area contributed by atoms with E-state index in [0.29, 0.717) is 18.7 Å². The molecule has 0 amide bonds. The minimum absolute atomic E-state index is 0.211. The molecule has 4 rings (SSSR count). The average molecular weight is 369 g/mol. The third kappa shape index (κ3) is 3.62. The predicted molar refractivity (Wildman–Crippen MR) is 99.8 cm³/mol. The monoisotopic (exact) mass is 369 g/mol. The van der Waals surface area contributed by atoms with E-state index in [4.69, 9.17) is 4.74 Å². The summed E-state index contributed by atoms with van der Waals surface area (Å²) in [6.45, 7) is 2.66. The number of nitrogens with zero attached hydrogens (tertiary/aromatic N) is 1. The van der Waals surface area contributed by atoms with Gasteiger partial charge in [-0.3, -0.25) is 4.79 Å². The zero-order chi connectivity index (χ0) is 18.9. The molecule has 2 aliphatic heterocycles. The highest BCUT2D eigenvalue weighted by Gasteiger charge is 2.42. The molecule has 0 radical (unpaired) electrons. The highest BCUT2D eigenvalue weighted by Crippen LogP contribution is 2.44. The van der Waals surface area contributed by atoms with E-state index in [2.05, 4.69) is 23.1 Å². The third-order valence-corrected chi connectivity index (χ3v) is 5.93. The first-order valence-corrected chi connectivity index (χ1v) is 9.48. The SMILES string of the molecule is O=C(O)C(Cc1ccccc1F)CN1CCC2(CC1)OCc1ccccc12. The summed E-state index contributed by atoms with van der Waals surface area (Å²) in [6, 6.07) is 14.8. The van der Waals surface area contributed by atoms with E-state index in [-0.39, 0.29) is 17.8 Å². The molecule has 0 aliphatic carbocycles. The summed E-state index contributed by atoms with van der Waals surface area (Å²) in [6.07, 6.45) is 1.93. The number of hydrogen-bond donors (Lipinski definition) is 1. The average Bonchev–Trinajstić information content (AvgIpc) is 3.03. The first kappa shape index (κ1) is 18.1. The Balaban J connectivity index is 1.41. The predicted octanol–water partition coefficient (Wildman–Crippen LogP) is 3.59. The molecular weight excluding hydrogens is 345 g/mol. The molecular formula is C22H24FNO3. The summed E-state index contributed by atoms with van der Waals surface area (Å²) in [7, 11) is 0. The van der Waals surface area contributed by atoms with Crippen LogP contribution in [0.4, 0.5) is 4.39 Å². The molecule has 1 fully saturated rings. The fourth-order valence-electron chi connectivity index (χ4n) is 4.37. The molecule has 27 heavy (non-hydrogen) atoms. The van der Waals surface area contributed by atoms with Gasteiger partial charge in [0.15, 0.2) is 0 Å². The van der Waals surface area contributed by atoms with Crippen LogP contribution >= 0.6 is 0 Å². The second kappa shape index (κ2) is 7.41. The Morgan fingerprint density at radius 3 is 2.59 bits per heavy atom. The molecule has 1 saturated heterocycles. The van der Waals surface area contributed by atoms with Crippen LogP contribution in [0.25, 0.3) is 0 Å². The summed E-state index contributed by atoms with van der Waals surface area (Å²) in [5, 5.41) is 9.62. The third-order valence-electron chi connectivity index (χ3n) is 5.93. The number of fused-ring (bicyclic) bond motifs is 2. The number of hydrogen-bond acceptors (Lipinski definition) is 3. The van der Waals surface area contributed by atoms with Crippen molar-refractivity contribution in [2.75, 3.05) is 19.6 Å². The summed E-state index contributed by atoms with van der Waals surface area (Å²) < 4.78 is 20.1. The quantitative estimate of drug-likeness (QED) is 0.875. The number of rotatable bonds is 5. The van der Waals surface area contributed by atoms with Gasteiger partial charge in [0.25, 0.3) is 0 Å². The van der Waals surface area contributed by atoms with Crippen molar-refractivity contribution in [3.05, 3.63) is 71.0 Å². The standard InChI is InChI=1S/C22H24FNO3/c23-20-8-4-2-5-16(20)13-18(21(25)26)14-24-11-9-22(10-12-24)19-7-3-1-6-17(19)15-27-22/h1-8,18H,9-15H2,(H,25,26). The topological polar surface area (TPSA) is 49.8 Å². The lowest BCUT2D eigenvalue weighted by Crippen LogP contribution is -2.45. The highest BCUT2D eigenvalue weighted by atomic mass is 19.1. The van der Waals surface area contributed by atoms with Crippen molar-refractivity contribution >= 4 is 5.97 Å². The second-order valence-electron chi connectivity index (χ2n) is 7.57. The number of halogens is 1. The van der Waals surface area contributed by atoms with E-state index in [1.807, 2.05) is 6.07 Å². The van der Waals surface area contributed by atoms with Gasteiger partial charge in [-0.25, -0.2) is 4.39 Å². The van der Waals surface area contributed by atoms with E-state index >= 15 is 0 Å². The van der Waals surface area contributed by atoms with Gasteiger partial charge in [0.1, 0.15) is 5.82 Å². The normalized spacial score (nSPS) is 19.7. The fourth-order valence-corrected chi connectivity index (χ4v) is 4.37. The van der Waals surface area contributed by atoms with Gasteiger partial charge < -0.3 is 14.7 Å². The summed E-state index contributed by atoms with van der Waals surface area (Å²) >= 11 is 0. The molecule has 1 atom stereocenters. The smallest absolute Gasteiger partial charge is 0.308 e. The van der Waals surface area contributed by atoms with Crippen molar-refractivity contribution in [3.8, 4) is 0 Å². The Morgan fingerprint density at radius 2 is 1.85 bits per heavy atom. The zero-order valence-corrected chi connectivity index (χ0v) is 15.2. The fraction of sp³-hybridized carbons (Fsp3) is 0.409. The molecule has 142 valence electrons. The number of carboxylic acid groups (broad SMARTS) is 1. The minimum atomic E-state index is -0.874. The molecule has 2 heterocycles. The Morgan fingerprint density at radius 1 is 1.15 bits per heavy atom. The molecule has 1 unspecified atom stereocenters. The Bertz CT molecular complexity index is 830. The summed E-state index contributed by atoms with van der Waals surface area (Å²) in [5.41, 5.74) is 2.78. The number of aliphatic carboxylic acids is 1. The van der Waals surface area contributed by atoms with Crippen LogP contribution in [-0.4, -0.2) is 35.6 Å². The van der Waals surface area contributed by atoms with Crippen molar-refractivity contribution in [3.63, 3.8) is 0 Å². The molecule has 1 N–H and O–H groups in total. The number of carboxylic acids is 1. The molecule has 2 aliphatic rings. The first-order valence-electron chi connectivity index (χ1n) is 9.48. The summed E-state index contributed by atoms with van der Waals surface area (Å²) in [4.78, 5) is 13.9. The van der Waals surface area contributed by atoms with Crippen LogP contribution in [0, 0.1) is 11.7 Å². The van der Waals surface area contributed by atoms with Crippen LogP contribution < -0.4 is 0 Å². The lowest BCUT2D eigenvalue weighted by molar-refractivity contribution is -0.143. The number of piperidine rings is 1. The Labute approximate surface area is 158 Å². The van der Waals surface area contributed by atoms with Crippen LogP contribution in [0.3, 0.4) is 0 Å². The molecule has 2 aromatic rings. The van der Waals surface area contributed by atoms with Gasteiger partial charge >= 0.3 is 5.97 Å². The number of carbonyl (C=O) groups is 1. The number of likely N-dealkylation sites (tertiary alicyclic amines) is 1. The molecule has 0 aromatic heterocycles. The summed E-state index contributed by atoms with van der Waals surface area (Å²) in [5.74, 6) is -1.83. The van der Waals surface area contributed by atoms with Crippen LogP contribution in [0.5, 0.6) is 0 Å². The Kier molecular flexibility index (Phi) is 4.98. The lowest BCUT2D eigenvalue weighted by atomic mass is 9.83. The number of benzene rings is 2. The van der Waals surface area contributed by atoms with E-state index in [0.717, 1.165) is 25.9 Å². The largest absolute Gasteiger partial charge is 0.481 e. The van der Waals surface area contributed by atoms with Gasteiger partial charge in [-0.1, -0.05) is 42.5 Å². The molecule has 0 bridgehead atoms. The number of ether oxygens (including phenoxy) is 1. The van der Waals surface area contributed by atoms with Crippen LogP contribution in [0.15, 0.2) is 48.5 Å². The minimum Gasteiger partial charge on any atom is -0.481 e. The highest BCUT2D eigenvalue weighted by molar-refractivity contribution is 5.70. The molecule has 5 heteroatoms. The molecule has 2 aromatic carbocycles. The van der Waals surface area contributed by atoms with Gasteiger partial charge in [0.05, 0.1) is 18.1 Å². The Hall–Kier alpha value is -2.24. The maximum absolute atomic E-state index is 13.9. The van der Waals surface area contributed by atoms with Gasteiger partial charge in [0.2, 0.25) is 0 Å². The van der Waals surface area contributed by atoms with E-state index in [9.17, 15) is 14.3 Å². The van der Waals surface area contributed by atoms with Gasteiger partial charge in [0, 0.05) is 19.6 Å². The van der Waals surface area contributed by atoms with Crippen LogP contribution in [-0.2, 0) is 28.2 Å². The van der Waals surface area contributed by atoms with Crippen molar-refractivity contribution < 1.29 is 19.0 Å². The van der Waals surface area contributed by atoms with E-state index in [1.54, 1.807) is 18.2 Å². The van der Waals surface area contributed by atoms with E-state index < -0.39 is 11.9 Å². The zero-order valence-electron chi connectivity index (χ0n) is 15.2. The lowest BCUT2D eigenvalue weighted by Gasteiger charge is -2.40. The maximum atomic E-state index is 13.9. The van der Waals surface area contributed by atoms with Crippen molar-refractivity contribution in [1.29, 1.82) is 0 Å². The first-order chi connectivity index (χ1) is 13.1. The maximum Gasteiger partial charge on any atom is 0.308 e. The second-order valence-corrected chi connectivity index (χ2v) is 7.57. The van der Waals surface area contributed by atoms with Gasteiger partial charge in [-0.2, -0.15) is 0 Å². The van der Waals surface area contributed by atoms with E-state index in [1.165, 1.54) is 17.2 Å². The van der Waals surface area contributed by atoms with Crippen molar-refractivity contribution in [2.45, 2.75) is 31.5 Å². The van der Waals surface area contributed by atoms with Gasteiger partial charge in [-0.15, -0.1) is 0 Å². The molecule has 0 saturated carbocycles. The molecule has 1 spiro atoms. The van der Waals surface area contributed by atoms with Gasteiger partial charge in [-0.05, 0) is 42.0 Å². The van der Waals surface area contributed by atoms with Crippen LogP contribution in [0.1, 0.15) is 29.5 Å².